The first-order valence-corrected chi connectivity index (χ1v) is 3.97. The molecule has 0 bridgehead atoms. The minimum absolute atomic E-state index is 0.474. The summed E-state index contributed by atoms with van der Waals surface area (Å²) in [6.45, 7) is 1.67. The molecule has 0 amide bonds. The maximum Gasteiger partial charge on any atom is 0.417 e. The van der Waals surface area contributed by atoms with Crippen LogP contribution in [0.5, 0.6) is 0 Å². The second kappa shape index (κ2) is 2.74. The van der Waals surface area contributed by atoms with Crippen molar-refractivity contribution in [2.75, 3.05) is 0 Å². The normalized spacial score (nSPS) is 13.4. The van der Waals surface area contributed by atoms with Crippen molar-refractivity contribution in [2.45, 2.75) is 13.0 Å². The Bertz CT molecular complexity index is 481. The van der Waals surface area contributed by atoms with E-state index in [1.165, 1.54) is 0 Å². The molecule has 2 rings (SSSR count). The summed E-state index contributed by atoms with van der Waals surface area (Å²) in [7, 11) is 0. The molecule has 68 valence electrons. The third kappa shape index (κ3) is 1.36. The summed E-state index contributed by atoms with van der Waals surface area (Å²) in [6.07, 6.45) is -0.539. The van der Waals surface area contributed by atoms with Gasteiger partial charge < -0.3 is 9.52 Å². The molecule has 0 saturated carbocycles. The summed E-state index contributed by atoms with van der Waals surface area (Å²) in [5.41, 5.74) is 1.88. The fourth-order valence-electron chi connectivity index (χ4n) is 1.23. The van der Waals surface area contributed by atoms with E-state index < -0.39 is 11.9 Å². The number of rotatable bonds is 1. The van der Waals surface area contributed by atoms with Crippen LogP contribution >= 0.6 is 0 Å². The van der Waals surface area contributed by atoms with Gasteiger partial charge in [-0.2, -0.15) is 0 Å². The van der Waals surface area contributed by atoms with Gasteiger partial charge in [-0.1, -0.05) is 6.07 Å². The van der Waals surface area contributed by atoms with Gasteiger partial charge in [0.1, 0.15) is 0 Å². The molecule has 0 aliphatic carbocycles. The Morgan fingerprint density at radius 3 is 3.00 bits per heavy atom. The average molecular weight is 179 g/mol. The zero-order valence-electron chi connectivity index (χ0n) is 7.07. The first kappa shape index (κ1) is 8.07. The van der Waals surface area contributed by atoms with Crippen molar-refractivity contribution in [3.63, 3.8) is 0 Å². The summed E-state index contributed by atoms with van der Waals surface area (Å²) in [4.78, 5) is 13.3. The molecule has 0 saturated heterocycles. The van der Waals surface area contributed by atoms with E-state index >= 15 is 0 Å². The molecule has 13 heavy (non-hydrogen) atoms. The van der Waals surface area contributed by atoms with Gasteiger partial charge in [0.2, 0.25) is 0 Å². The third-order valence-corrected chi connectivity index (χ3v) is 1.93. The number of nitrogens with one attached hydrogen (secondary N) is 1. The van der Waals surface area contributed by atoms with Gasteiger partial charge in [-0.15, -0.1) is 0 Å². The van der Waals surface area contributed by atoms with E-state index in [4.69, 9.17) is 4.42 Å². The smallest absolute Gasteiger partial charge is 0.408 e. The number of aromatic nitrogens is 1. The molecule has 0 radical (unpaired) electrons. The number of aliphatic hydroxyl groups is 1. The molecule has 0 aliphatic heterocycles. The molecule has 1 heterocycles. The average Bonchev–Trinajstić information content (AvgIpc) is 2.42. The van der Waals surface area contributed by atoms with Crippen LogP contribution in [0, 0.1) is 0 Å². The molecule has 1 unspecified atom stereocenters. The summed E-state index contributed by atoms with van der Waals surface area (Å²) < 4.78 is 4.81. The number of aliphatic hydroxyl groups excluding tert-OH is 1. The SMILES string of the molecule is CC(O)c1ccc2oc(=O)[nH]c2c1. The molecule has 0 fully saturated rings. The lowest BCUT2D eigenvalue weighted by Gasteiger charge is -2.02. The fourth-order valence-corrected chi connectivity index (χ4v) is 1.23. The standard InChI is InChI=1S/C9H9NO3/c1-5(11)6-2-3-8-7(4-6)10-9(12)13-8/h2-5,11H,1H3,(H,10,12). The Labute approximate surface area is 73.8 Å². The Hall–Kier alpha value is -1.55. The number of hydrogen-bond donors (Lipinski definition) is 2. The van der Waals surface area contributed by atoms with E-state index in [9.17, 15) is 9.90 Å². The quantitative estimate of drug-likeness (QED) is 0.690. The number of aromatic amines is 1. The first-order chi connectivity index (χ1) is 6.16. The molecule has 1 aromatic carbocycles. The van der Waals surface area contributed by atoms with Crippen LogP contribution in [-0.4, -0.2) is 10.1 Å². The summed E-state index contributed by atoms with van der Waals surface area (Å²) >= 11 is 0. The van der Waals surface area contributed by atoms with E-state index in [0.29, 0.717) is 11.1 Å². The van der Waals surface area contributed by atoms with Crippen molar-refractivity contribution in [3.8, 4) is 0 Å². The van der Waals surface area contributed by atoms with Gasteiger partial charge in [0.25, 0.3) is 0 Å². The molecule has 1 atom stereocenters. The highest BCUT2D eigenvalue weighted by molar-refractivity contribution is 5.72. The Morgan fingerprint density at radius 1 is 1.54 bits per heavy atom. The molecule has 1 aromatic heterocycles. The van der Waals surface area contributed by atoms with E-state index in [1.54, 1.807) is 25.1 Å². The van der Waals surface area contributed by atoms with Crippen molar-refractivity contribution >= 4 is 11.1 Å². The molecule has 0 spiro atoms. The third-order valence-electron chi connectivity index (χ3n) is 1.93. The minimum atomic E-state index is -0.539. The molecule has 2 aromatic rings. The Morgan fingerprint density at radius 2 is 2.31 bits per heavy atom. The van der Waals surface area contributed by atoms with Crippen molar-refractivity contribution in [2.24, 2.45) is 0 Å². The highest BCUT2D eigenvalue weighted by Crippen LogP contribution is 2.17. The van der Waals surface area contributed by atoms with Gasteiger partial charge in [-0.3, -0.25) is 4.98 Å². The lowest BCUT2D eigenvalue weighted by molar-refractivity contribution is 0.199. The molecule has 0 aliphatic rings. The molecule has 4 nitrogen and oxygen atoms in total. The predicted octanol–water partition coefficient (Wildman–Crippen LogP) is 1.17. The zero-order valence-corrected chi connectivity index (χ0v) is 7.07. The Balaban J connectivity index is 2.68. The van der Waals surface area contributed by atoms with Crippen LogP contribution in [-0.2, 0) is 0 Å². The number of fused-ring (bicyclic) bond motifs is 1. The van der Waals surface area contributed by atoms with Crippen LogP contribution in [0.2, 0.25) is 0 Å². The summed E-state index contributed by atoms with van der Waals surface area (Å²) in [6, 6.07) is 5.09. The fraction of sp³-hybridized carbons (Fsp3) is 0.222. The van der Waals surface area contributed by atoms with Gasteiger partial charge in [0.05, 0.1) is 11.6 Å². The van der Waals surface area contributed by atoms with Gasteiger partial charge in [-0.25, -0.2) is 4.79 Å². The van der Waals surface area contributed by atoms with E-state index in [1.807, 2.05) is 0 Å². The molecule has 4 heteroatoms. The van der Waals surface area contributed by atoms with Gasteiger partial charge in [0.15, 0.2) is 5.58 Å². The van der Waals surface area contributed by atoms with Crippen LogP contribution in [0.4, 0.5) is 0 Å². The van der Waals surface area contributed by atoms with Crippen LogP contribution < -0.4 is 5.76 Å². The number of oxazole rings is 1. The number of H-pyrrole nitrogens is 1. The highest BCUT2D eigenvalue weighted by Gasteiger charge is 2.04. The lowest BCUT2D eigenvalue weighted by Crippen LogP contribution is -1.93. The van der Waals surface area contributed by atoms with Crippen molar-refractivity contribution < 1.29 is 9.52 Å². The monoisotopic (exact) mass is 179 g/mol. The van der Waals surface area contributed by atoms with Crippen LogP contribution in [0.1, 0.15) is 18.6 Å². The largest absolute Gasteiger partial charge is 0.417 e. The van der Waals surface area contributed by atoms with Crippen molar-refractivity contribution in [1.29, 1.82) is 0 Å². The van der Waals surface area contributed by atoms with Crippen molar-refractivity contribution in [1.82, 2.24) is 4.98 Å². The van der Waals surface area contributed by atoms with E-state index in [2.05, 4.69) is 4.98 Å². The number of hydrogen-bond acceptors (Lipinski definition) is 3. The zero-order chi connectivity index (χ0) is 9.42. The maximum atomic E-state index is 10.8. The predicted molar refractivity (Wildman–Crippen MR) is 47.5 cm³/mol. The summed E-state index contributed by atoms with van der Waals surface area (Å²) in [5.74, 6) is -0.474. The van der Waals surface area contributed by atoms with Gasteiger partial charge >= 0.3 is 5.76 Å². The highest BCUT2D eigenvalue weighted by atomic mass is 16.4. The number of benzene rings is 1. The lowest BCUT2D eigenvalue weighted by atomic mass is 10.1. The van der Waals surface area contributed by atoms with E-state index in [0.717, 1.165) is 5.56 Å². The topological polar surface area (TPSA) is 66.2 Å². The molecular formula is C9H9NO3. The van der Waals surface area contributed by atoms with E-state index in [-0.39, 0.29) is 0 Å². The van der Waals surface area contributed by atoms with Crippen LogP contribution in [0.15, 0.2) is 27.4 Å². The molecular weight excluding hydrogens is 170 g/mol. The second-order valence-corrected chi connectivity index (χ2v) is 2.95. The minimum Gasteiger partial charge on any atom is -0.408 e. The van der Waals surface area contributed by atoms with Gasteiger partial charge in [-0.05, 0) is 24.6 Å². The van der Waals surface area contributed by atoms with Gasteiger partial charge in [0, 0.05) is 0 Å². The second-order valence-electron chi connectivity index (χ2n) is 2.95. The van der Waals surface area contributed by atoms with Crippen LogP contribution in [0.3, 0.4) is 0 Å². The van der Waals surface area contributed by atoms with Crippen LogP contribution in [0.25, 0.3) is 11.1 Å². The van der Waals surface area contributed by atoms with Crippen molar-refractivity contribution in [3.05, 3.63) is 34.3 Å². The first-order valence-electron chi connectivity index (χ1n) is 3.97. The Kier molecular flexibility index (Phi) is 1.70. The molecule has 2 N–H and O–H groups in total. The summed E-state index contributed by atoms with van der Waals surface area (Å²) in [5, 5.41) is 9.27. The maximum absolute atomic E-state index is 10.8.